The lowest BCUT2D eigenvalue weighted by molar-refractivity contribution is 0.228. The van der Waals surface area contributed by atoms with Crippen LogP contribution in [0.5, 0.6) is 0 Å². The standard InChI is InChI=1S/C36H74O6Si3/c1-15-31(16-2)26-35(21-24-44(13,39-8)40-9)29-34(19-5)30-36(22-25-45(14,41-10)42-11)28-33(18-4)27-32(17-3)20-23-43(12,37-6)38-7/h15,18-19,31-36H,1,4-5,16-17,20-30H2,2-3,6-14H3. The van der Waals surface area contributed by atoms with Crippen molar-refractivity contribution < 1.29 is 26.6 Å². The van der Waals surface area contributed by atoms with Crippen molar-refractivity contribution in [2.75, 3.05) is 42.7 Å². The van der Waals surface area contributed by atoms with Crippen LogP contribution >= 0.6 is 0 Å². The summed E-state index contributed by atoms with van der Waals surface area (Å²) in [6.07, 6.45) is 17.9. The predicted octanol–water partition coefficient (Wildman–Crippen LogP) is 10.3. The molecule has 6 unspecified atom stereocenters. The SMILES string of the molecule is C=CC(CC)CC(CC[Si](C)(OC)OC)CC(C=C)CC(CC[Si](C)(OC)OC)CC(C=C)CC(CC)CC[Si](C)(OC)OC. The summed E-state index contributed by atoms with van der Waals surface area (Å²) in [5.74, 6) is 3.20. The fourth-order valence-electron chi connectivity index (χ4n) is 6.56. The van der Waals surface area contributed by atoms with E-state index in [0.717, 1.165) is 82.3 Å². The van der Waals surface area contributed by atoms with Crippen LogP contribution in [-0.4, -0.2) is 68.3 Å². The van der Waals surface area contributed by atoms with Crippen LogP contribution in [0.4, 0.5) is 0 Å². The van der Waals surface area contributed by atoms with Crippen molar-refractivity contribution in [2.45, 2.75) is 116 Å². The van der Waals surface area contributed by atoms with E-state index in [0.29, 0.717) is 35.5 Å². The molecule has 0 bridgehead atoms. The van der Waals surface area contributed by atoms with E-state index in [9.17, 15) is 0 Å². The summed E-state index contributed by atoms with van der Waals surface area (Å²) < 4.78 is 35.1. The van der Waals surface area contributed by atoms with Gasteiger partial charge in [0.25, 0.3) is 0 Å². The summed E-state index contributed by atoms with van der Waals surface area (Å²) in [6.45, 7) is 23.9. The van der Waals surface area contributed by atoms with Crippen molar-refractivity contribution in [3.8, 4) is 0 Å². The summed E-state index contributed by atoms with van der Waals surface area (Å²) in [6, 6.07) is 3.02. The Morgan fingerprint density at radius 3 is 0.956 bits per heavy atom. The summed E-state index contributed by atoms with van der Waals surface area (Å²) >= 11 is 0. The van der Waals surface area contributed by atoms with Gasteiger partial charge in [-0.15, -0.1) is 19.7 Å². The van der Waals surface area contributed by atoms with Crippen molar-refractivity contribution in [1.29, 1.82) is 0 Å². The van der Waals surface area contributed by atoms with E-state index in [1.54, 1.807) is 42.7 Å². The molecule has 0 N–H and O–H groups in total. The number of hydrogen-bond donors (Lipinski definition) is 0. The van der Waals surface area contributed by atoms with Gasteiger partial charge in [0.1, 0.15) is 0 Å². The molecular weight excluding hydrogens is 613 g/mol. The summed E-state index contributed by atoms with van der Waals surface area (Å²) in [4.78, 5) is 0. The maximum absolute atomic E-state index is 5.91. The van der Waals surface area contributed by atoms with Crippen LogP contribution in [0.1, 0.15) is 78.1 Å². The average Bonchev–Trinajstić information content (AvgIpc) is 3.08. The topological polar surface area (TPSA) is 55.4 Å². The van der Waals surface area contributed by atoms with Gasteiger partial charge >= 0.3 is 25.7 Å². The maximum atomic E-state index is 5.91. The highest BCUT2D eigenvalue weighted by Gasteiger charge is 2.34. The maximum Gasteiger partial charge on any atom is 0.334 e. The Labute approximate surface area is 283 Å². The van der Waals surface area contributed by atoms with E-state index in [-0.39, 0.29) is 0 Å². The molecule has 0 radical (unpaired) electrons. The Hall–Kier alpha value is -0.369. The highest BCUT2D eigenvalue weighted by molar-refractivity contribution is 6.66. The van der Waals surface area contributed by atoms with E-state index in [1.165, 1.54) is 0 Å². The highest BCUT2D eigenvalue weighted by Crippen LogP contribution is 2.37. The molecule has 0 aromatic heterocycles. The third-order valence-corrected chi connectivity index (χ3v) is 19.7. The zero-order valence-corrected chi connectivity index (χ0v) is 34.5. The van der Waals surface area contributed by atoms with Gasteiger partial charge in [-0.2, -0.15) is 0 Å². The number of hydrogen-bond acceptors (Lipinski definition) is 6. The third-order valence-electron chi connectivity index (χ3n) is 10.9. The lowest BCUT2D eigenvalue weighted by Gasteiger charge is -2.32. The molecule has 45 heavy (non-hydrogen) atoms. The predicted molar refractivity (Wildman–Crippen MR) is 200 cm³/mol. The molecule has 266 valence electrons. The van der Waals surface area contributed by atoms with Crippen molar-refractivity contribution in [3.05, 3.63) is 38.0 Å². The summed E-state index contributed by atoms with van der Waals surface area (Å²) in [5.41, 5.74) is 0. The van der Waals surface area contributed by atoms with E-state index in [2.05, 4.69) is 71.5 Å². The average molecular weight is 687 g/mol. The highest BCUT2D eigenvalue weighted by atomic mass is 28.4. The monoisotopic (exact) mass is 686 g/mol. The zero-order chi connectivity index (χ0) is 34.5. The van der Waals surface area contributed by atoms with Crippen LogP contribution in [0.15, 0.2) is 38.0 Å². The molecule has 0 rings (SSSR count). The van der Waals surface area contributed by atoms with Crippen LogP contribution in [0.2, 0.25) is 37.8 Å². The molecule has 6 nitrogen and oxygen atoms in total. The Morgan fingerprint density at radius 1 is 0.444 bits per heavy atom. The summed E-state index contributed by atoms with van der Waals surface area (Å²) in [7, 11) is 4.40. The number of allylic oxidation sites excluding steroid dienone is 3. The van der Waals surface area contributed by atoms with Crippen LogP contribution in [0.25, 0.3) is 0 Å². The number of rotatable bonds is 30. The molecule has 0 saturated carbocycles. The van der Waals surface area contributed by atoms with Gasteiger partial charge in [0.15, 0.2) is 0 Å². The molecule has 0 aromatic carbocycles. The van der Waals surface area contributed by atoms with Crippen molar-refractivity contribution in [1.82, 2.24) is 0 Å². The second-order valence-corrected chi connectivity index (χ2v) is 24.6. The fourth-order valence-corrected chi connectivity index (χ4v) is 11.1. The van der Waals surface area contributed by atoms with Gasteiger partial charge in [0.05, 0.1) is 0 Å². The third kappa shape index (κ3) is 17.6. The minimum absolute atomic E-state index is 0.445. The minimum atomic E-state index is -2.18. The molecule has 0 amide bonds. The van der Waals surface area contributed by atoms with Gasteiger partial charge < -0.3 is 26.6 Å². The van der Waals surface area contributed by atoms with Crippen molar-refractivity contribution in [3.63, 3.8) is 0 Å². The lowest BCUT2D eigenvalue weighted by Crippen LogP contribution is -2.37. The molecule has 0 aliphatic heterocycles. The molecule has 0 saturated heterocycles. The Balaban J connectivity index is 5.95. The normalized spacial score (nSPS) is 16.9. The minimum Gasteiger partial charge on any atom is -0.398 e. The van der Waals surface area contributed by atoms with Gasteiger partial charge in [-0.25, -0.2) is 0 Å². The van der Waals surface area contributed by atoms with Crippen molar-refractivity contribution >= 4 is 25.7 Å². The molecule has 0 heterocycles. The van der Waals surface area contributed by atoms with Crippen LogP contribution in [-0.2, 0) is 26.6 Å². The van der Waals surface area contributed by atoms with E-state index in [1.807, 2.05) is 0 Å². The largest absolute Gasteiger partial charge is 0.398 e. The second-order valence-electron chi connectivity index (χ2n) is 13.8. The second kappa shape index (κ2) is 23.9. The smallest absolute Gasteiger partial charge is 0.334 e. The summed E-state index contributed by atoms with van der Waals surface area (Å²) in [5, 5.41) is 0. The van der Waals surface area contributed by atoms with Gasteiger partial charge in [0, 0.05) is 42.7 Å². The van der Waals surface area contributed by atoms with E-state index >= 15 is 0 Å². The first-order valence-corrected chi connectivity index (χ1v) is 25.1. The van der Waals surface area contributed by atoms with Crippen LogP contribution in [0, 0.1) is 35.5 Å². The molecule has 6 atom stereocenters. The molecule has 9 heteroatoms. The first-order valence-electron chi connectivity index (χ1n) is 17.5. The lowest BCUT2D eigenvalue weighted by atomic mass is 9.77. The van der Waals surface area contributed by atoms with Gasteiger partial charge in [-0.3, -0.25) is 0 Å². The Morgan fingerprint density at radius 2 is 0.711 bits per heavy atom. The quantitative estimate of drug-likeness (QED) is 0.0554. The van der Waals surface area contributed by atoms with Crippen LogP contribution < -0.4 is 0 Å². The first kappa shape index (κ1) is 44.6. The van der Waals surface area contributed by atoms with Crippen molar-refractivity contribution in [2.24, 2.45) is 35.5 Å². The Bertz CT molecular complexity index is 785. The Kier molecular flexibility index (Phi) is 23.7. The molecule has 0 aliphatic carbocycles. The first-order chi connectivity index (χ1) is 21.3. The molecule has 0 spiro atoms. The van der Waals surface area contributed by atoms with Crippen LogP contribution in [0.3, 0.4) is 0 Å². The molecule has 0 fully saturated rings. The zero-order valence-electron chi connectivity index (χ0n) is 31.5. The molecular formula is C36H74O6Si3. The van der Waals surface area contributed by atoms with Gasteiger partial charge in [-0.05, 0) is 131 Å². The van der Waals surface area contributed by atoms with E-state index < -0.39 is 25.7 Å². The fraction of sp³-hybridized carbons (Fsp3) is 0.833. The van der Waals surface area contributed by atoms with E-state index in [4.69, 9.17) is 26.6 Å². The van der Waals surface area contributed by atoms with Gasteiger partial charge in [-0.1, -0.05) is 38.5 Å². The molecule has 0 aromatic rings. The van der Waals surface area contributed by atoms with Gasteiger partial charge in [0.2, 0.25) is 0 Å². The molecule has 0 aliphatic rings.